The lowest BCUT2D eigenvalue weighted by Crippen LogP contribution is -2.26. The number of aryl methyl sites for hydroxylation is 1. The van der Waals surface area contributed by atoms with Gasteiger partial charge >= 0.3 is 0 Å². The molecule has 0 saturated carbocycles. The minimum Gasteiger partial charge on any atom is -0.340 e. The molecule has 2 nitrogen and oxygen atoms in total. The standard InChI is InChI=1S/C73H88N2/c1-6-11-16-24-43-72(44-25-17-12-7-2)65-50-55(54-37-42-71-64(49-54)63-30-21-22-32-70(63)75(71)48-29-20-15-10-5)33-38-59(65)60-39-34-56(51-66(60)72)57-35-40-61-62-41-36-58(69-31-23-28-47-74-69)53-68(62)73(67(61)52-57,45-26-18-13-8-3)46-27-19-14-9-4/h21-23,28,30-42,47,49-53H,6-20,24-27,29,43-46,48H2,1-5H3. The molecule has 2 aliphatic carbocycles. The van der Waals surface area contributed by atoms with E-state index in [1.54, 1.807) is 16.7 Å². The van der Waals surface area contributed by atoms with Gasteiger partial charge in [-0.15, -0.1) is 0 Å². The van der Waals surface area contributed by atoms with Gasteiger partial charge in [0.1, 0.15) is 0 Å². The summed E-state index contributed by atoms with van der Waals surface area (Å²) in [5.74, 6) is 0. The van der Waals surface area contributed by atoms with Gasteiger partial charge in [-0.2, -0.15) is 0 Å². The van der Waals surface area contributed by atoms with Crippen molar-refractivity contribution in [3.05, 3.63) is 162 Å². The second-order valence-electron chi connectivity index (χ2n) is 23.1. The summed E-state index contributed by atoms with van der Waals surface area (Å²) in [6.07, 6.45) is 32.3. The average Bonchev–Trinajstić information content (AvgIpc) is 4.02. The maximum atomic E-state index is 4.86. The van der Waals surface area contributed by atoms with E-state index in [-0.39, 0.29) is 10.8 Å². The quantitative estimate of drug-likeness (QED) is 0.0447. The van der Waals surface area contributed by atoms with Gasteiger partial charge in [0.25, 0.3) is 0 Å². The van der Waals surface area contributed by atoms with Crippen molar-refractivity contribution in [1.29, 1.82) is 0 Å². The Bertz CT molecular complexity index is 3140. The smallest absolute Gasteiger partial charge is 0.0702 e. The number of hydrogen-bond donors (Lipinski definition) is 0. The lowest BCUT2D eigenvalue weighted by Gasteiger charge is -2.34. The van der Waals surface area contributed by atoms with E-state index >= 15 is 0 Å². The summed E-state index contributed by atoms with van der Waals surface area (Å²) in [6, 6.07) is 53.2. The van der Waals surface area contributed by atoms with E-state index in [0.717, 1.165) is 12.2 Å². The number of para-hydroxylation sites is 1. The summed E-state index contributed by atoms with van der Waals surface area (Å²) >= 11 is 0. The van der Waals surface area contributed by atoms with E-state index < -0.39 is 0 Å². The van der Waals surface area contributed by atoms with Crippen molar-refractivity contribution in [2.24, 2.45) is 0 Å². The molecule has 390 valence electrons. The first-order chi connectivity index (χ1) is 37.0. The van der Waals surface area contributed by atoms with Crippen molar-refractivity contribution in [3.8, 4) is 55.8 Å². The van der Waals surface area contributed by atoms with Crippen molar-refractivity contribution < 1.29 is 0 Å². The summed E-state index contributed by atoms with van der Waals surface area (Å²) in [6.45, 7) is 12.8. The van der Waals surface area contributed by atoms with Crippen LogP contribution in [-0.2, 0) is 17.4 Å². The molecule has 0 spiro atoms. The monoisotopic (exact) mass is 993 g/mol. The van der Waals surface area contributed by atoms with Gasteiger partial charge in [-0.3, -0.25) is 4.98 Å². The number of unbranched alkanes of at least 4 members (excludes halogenated alkanes) is 15. The third-order valence-electron chi connectivity index (χ3n) is 18.2. The highest BCUT2D eigenvalue weighted by Gasteiger charge is 2.45. The molecule has 0 unspecified atom stereocenters. The lowest BCUT2D eigenvalue weighted by atomic mass is 9.69. The first kappa shape index (κ1) is 52.7. The summed E-state index contributed by atoms with van der Waals surface area (Å²) < 4.78 is 2.60. The Morgan fingerprint density at radius 1 is 0.333 bits per heavy atom. The van der Waals surface area contributed by atoms with Crippen LogP contribution < -0.4 is 0 Å². The minimum absolute atomic E-state index is 0.0226. The molecule has 0 radical (unpaired) electrons. The number of hydrogen-bond acceptors (Lipinski definition) is 1. The van der Waals surface area contributed by atoms with Gasteiger partial charge in [0.05, 0.1) is 5.69 Å². The van der Waals surface area contributed by atoms with Crippen molar-refractivity contribution in [1.82, 2.24) is 9.55 Å². The Morgan fingerprint density at radius 3 is 1.17 bits per heavy atom. The molecule has 75 heavy (non-hydrogen) atoms. The molecule has 0 bridgehead atoms. The molecular formula is C73H88N2. The number of rotatable bonds is 28. The van der Waals surface area contributed by atoms with E-state index in [1.807, 2.05) is 12.3 Å². The summed E-state index contributed by atoms with van der Waals surface area (Å²) in [4.78, 5) is 4.86. The van der Waals surface area contributed by atoms with E-state index in [0.29, 0.717) is 0 Å². The van der Waals surface area contributed by atoms with Crippen LogP contribution in [0.15, 0.2) is 140 Å². The van der Waals surface area contributed by atoms with Gasteiger partial charge in [-0.25, -0.2) is 0 Å². The minimum atomic E-state index is -0.0338. The van der Waals surface area contributed by atoms with E-state index in [2.05, 4.69) is 167 Å². The van der Waals surface area contributed by atoms with Crippen LogP contribution in [0.25, 0.3) is 77.6 Å². The zero-order chi connectivity index (χ0) is 51.6. The number of fused-ring (bicyclic) bond motifs is 9. The Kier molecular flexibility index (Phi) is 17.2. The van der Waals surface area contributed by atoms with Crippen molar-refractivity contribution in [3.63, 3.8) is 0 Å². The molecule has 8 aromatic rings. The second kappa shape index (κ2) is 24.5. The normalized spacial score (nSPS) is 13.9. The SMILES string of the molecule is CCCCCCn1c2ccccc2c2cc(-c3ccc4c(c3)C(CCCCCC)(CCCCCC)c3cc(-c5ccc6c(c5)C(CCCCCC)(CCCCCC)c5cc(-c7ccccn7)ccc5-6)ccc3-4)ccc21. The largest absolute Gasteiger partial charge is 0.340 e. The molecule has 0 saturated heterocycles. The fourth-order valence-electron chi connectivity index (χ4n) is 14.1. The Labute approximate surface area is 452 Å². The predicted molar refractivity (Wildman–Crippen MR) is 325 cm³/mol. The summed E-state index contributed by atoms with van der Waals surface area (Å²) in [7, 11) is 0. The highest BCUT2D eigenvalue weighted by Crippen LogP contribution is 2.58. The van der Waals surface area contributed by atoms with Gasteiger partial charge in [0, 0.05) is 50.9 Å². The van der Waals surface area contributed by atoms with Crippen LogP contribution in [-0.4, -0.2) is 9.55 Å². The molecule has 0 fully saturated rings. The fraction of sp³-hybridized carbons (Fsp3) is 0.438. The van der Waals surface area contributed by atoms with Gasteiger partial charge in [-0.1, -0.05) is 235 Å². The predicted octanol–water partition coefficient (Wildman–Crippen LogP) is 22.2. The van der Waals surface area contributed by atoms with Gasteiger partial charge in [0.15, 0.2) is 0 Å². The van der Waals surface area contributed by atoms with Gasteiger partial charge in [-0.05, 0) is 153 Å². The summed E-state index contributed by atoms with van der Waals surface area (Å²) in [5, 5.41) is 2.76. The second-order valence-corrected chi connectivity index (χ2v) is 23.1. The van der Waals surface area contributed by atoms with Crippen LogP contribution in [0.2, 0.25) is 0 Å². The molecule has 2 heteroatoms. The van der Waals surface area contributed by atoms with E-state index in [9.17, 15) is 0 Å². The van der Waals surface area contributed by atoms with Crippen LogP contribution in [0.5, 0.6) is 0 Å². The topological polar surface area (TPSA) is 17.8 Å². The number of aromatic nitrogens is 2. The first-order valence-electron chi connectivity index (χ1n) is 30.5. The first-order valence-corrected chi connectivity index (χ1v) is 30.5. The Balaban J connectivity index is 1.08. The van der Waals surface area contributed by atoms with Crippen LogP contribution in [0, 0.1) is 0 Å². The van der Waals surface area contributed by atoms with Gasteiger partial charge < -0.3 is 4.57 Å². The van der Waals surface area contributed by atoms with E-state index in [1.165, 1.54) is 232 Å². The molecule has 2 aliphatic rings. The molecule has 10 rings (SSSR count). The molecule has 0 atom stereocenters. The average molecular weight is 994 g/mol. The van der Waals surface area contributed by atoms with Crippen LogP contribution in [0.3, 0.4) is 0 Å². The highest BCUT2D eigenvalue weighted by atomic mass is 15.0. The molecular weight excluding hydrogens is 905 g/mol. The number of pyridine rings is 1. The molecule has 0 aliphatic heterocycles. The number of benzene rings is 6. The zero-order valence-corrected chi connectivity index (χ0v) is 46.9. The fourth-order valence-corrected chi connectivity index (χ4v) is 14.1. The van der Waals surface area contributed by atoms with Crippen LogP contribution in [0.1, 0.15) is 211 Å². The zero-order valence-electron chi connectivity index (χ0n) is 46.9. The molecule has 6 aromatic carbocycles. The van der Waals surface area contributed by atoms with E-state index in [4.69, 9.17) is 4.98 Å². The maximum Gasteiger partial charge on any atom is 0.0702 e. The van der Waals surface area contributed by atoms with Gasteiger partial charge in [0.2, 0.25) is 0 Å². The highest BCUT2D eigenvalue weighted by molar-refractivity contribution is 6.09. The Morgan fingerprint density at radius 2 is 0.720 bits per heavy atom. The third-order valence-corrected chi connectivity index (χ3v) is 18.2. The van der Waals surface area contributed by atoms with Crippen molar-refractivity contribution in [2.75, 3.05) is 0 Å². The van der Waals surface area contributed by atoms with Crippen LogP contribution in [0.4, 0.5) is 0 Å². The molecule has 2 heterocycles. The van der Waals surface area contributed by atoms with Crippen molar-refractivity contribution >= 4 is 21.8 Å². The third kappa shape index (κ3) is 10.6. The lowest BCUT2D eigenvalue weighted by molar-refractivity contribution is 0.401. The van der Waals surface area contributed by atoms with Crippen molar-refractivity contribution in [2.45, 2.75) is 206 Å². The van der Waals surface area contributed by atoms with Crippen LogP contribution >= 0.6 is 0 Å². The summed E-state index contributed by atoms with van der Waals surface area (Å²) in [5.41, 5.74) is 22.5. The molecule has 0 N–H and O–H groups in total. The maximum absolute atomic E-state index is 4.86. The number of nitrogens with zero attached hydrogens (tertiary/aromatic N) is 2. The Hall–Kier alpha value is -5.73. The molecule has 2 aromatic heterocycles. The molecule has 0 amide bonds.